The van der Waals surface area contributed by atoms with Crippen LogP contribution in [0.3, 0.4) is 0 Å². The summed E-state index contributed by atoms with van der Waals surface area (Å²) < 4.78 is 60.1. The second kappa shape index (κ2) is 8.31. The van der Waals surface area contributed by atoms with Crippen LogP contribution in [0.1, 0.15) is 47.2 Å². The molecule has 2 rings (SSSR count). The van der Waals surface area contributed by atoms with Crippen LogP contribution in [-0.4, -0.2) is 12.6 Å². The van der Waals surface area contributed by atoms with E-state index in [2.05, 4.69) is 0 Å². The number of alkyl halides is 3. The molecule has 0 aliphatic rings. The summed E-state index contributed by atoms with van der Waals surface area (Å²) in [5.41, 5.74) is 6.99. The minimum Gasteiger partial charge on any atom is -0.466 e. The molecule has 0 aromatic heterocycles. The first-order valence-electron chi connectivity index (χ1n) is 8.86. The van der Waals surface area contributed by atoms with Gasteiger partial charge in [0.1, 0.15) is 5.82 Å². The first-order valence-corrected chi connectivity index (χ1v) is 8.86. The zero-order chi connectivity index (χ0) is 21.2. The number of esters is 1. The lowest BCUT2D eigenvalue weighted by Gasteiger charge is -2.22. The molecule has 0 fully saturated rings. The lowest BCUT2D eigenvalue weighted by Crippen LogP contribution is -2.22. The van der Waals surface area contributed by atoms with Crippen LogP contribution in [0.5, 0.6) is 0 Å². The minimum atomic E-state index is -4.90. The van der Waals surface area contributed by atoms with Crippen LogP contribution in [0, 0.1) is 26.6 Å². The fraction of sp³-hybridized carbons (Fsp3) is 0.381. The van der Waals surface area contributed by atoms with Crippen molar-refractivity contribution in [2.75, 3.05) is 6.61 Å². The maximum Gasteiger partial charge on any atom is 0.419 e. The molecule has 1 unspecified atom stereocenters. The summed E-state index contributed by atoms with van der Waals surface area (Å²) >= 11 is 0. The van der Waals surface area contributed by atoms with Crippen molar-refractivity contribution in [3.63, 3.8) is 0 Å². The van der Waals surface area contributed by atoms with Gasteiger partial charge in [-0.2, -0.15) is 13.2 Å². The smallest absolute Gasteiger partial charge is 0.419 e. The highest BCUT2D eigenvalue weighted by molar-refractivity contribution is 5.75. The molecule has 2 N–H and O–H groups in total. The zero-order valence-corrected chi connectivity index (χ0v) is 16.2. The molecule has 0 saturated heterocycles. The number of carbonyl (C=O) groups is 1. The third-order valence-electron chi connectivity index (χ3n) is 4.61. The van der Waals surface area contributed by atoms with E-state index < -0.39 is 36.0 Å². The molecule has 0 heterocycles. The van der Waals surface area contributed by atoms with Crippen LogP contribution in [0.2, 0.25) is 0 Å². The van der Waals surface area contributed by atoms with E-state index in [4.69, 9.17) is 10.5 Å². The van der Waals surface area contributed by atoms with Crippen molar-refractivity contribution in [2.24, 2.45) is 5.73 Å². The minimum absolute atomic E-state index is 0.101. The van der Waals surface area contributed by atoms with E-state index in [-0.39, 0.29) is 23.3 Å². The average Bonchev–Trinajstić information content (AvgIpc) is 2.55. The Morgan fingerprint density at radius 3 is 2.32 bits per heavy atom. The standard InChI is InChI=1S/C21H23F4NO2/c1-5-28-18(27)10-17(26)19-13(4)15(9-16(20(19)22)21(23,24)25)14-7-6-11(2)8-12(14)3/h6-9,17H,5,10,26H2,1-4H3. The number of halogens is 4. The molecular formula is C21H23F4NO2. The molecule has 28 heavy (non-hydrogen) atoms. The highest BCUT2D eigenvalue weighted by Crippen LogP contribution is 2.41. The van der Waals surface area contributed by atoms with Crippen molar-refractivity contribution < 1.29 is 27.1 Å². The van der Waals surface area contributed by atoms with Crippen molar-refractivity contribution in [3.8, 4) is 11.1 Å². The van der Waals surface area contributed by atoms with Crippen molar-refractivity contribution >= 4 is 5.97 Å². The quantitative estimate of drug-likeness (QED) is 0.544. The van der Waals surface area contributed by atoms with Gasteiger partial charge >= 0.3 is 12.1 Å². The normalized spacial score (nSPS) is 12.8. The lowest BCUT2D eigenvalue weighted by atomic mass is 9.87. The monoisotopic (exact) mass is 397 g/mol. The second-order valence-electron chi connectivity index (χ2n) is 6.76. The van der Waals surface area contributed by atoms with Crippen molar-refractivity contribution in [2.45, 2.75) is 46.3 Å². The molecule has 0 spiro atoms. The Morgan fingerprint density at radius 2 is 1.79 bits per heavy atom. The zero-order valence-electron chi connectivity index (χ0n) is 16.2. The molecule has 0 radical (unpaired) electrons. The van der Waals surface area contributed by atoms with E-state index >= 15 is 0 Å². The number of aryl methyl sites for hydroxylation is 2. The molecule has 0 aliphatic heterocycles. The van der Waals surface area contributed by atoms with Gasteiger partial charge in [0.25, 0.3) is 0 Å². The highest BCUT2D eigenvalue weighted by Gasteiger charge is 2.37. The number of carbonyl (C=O) groups excluding carboxylic acids is 1. The third-order valence-corrected chi connectivity index (χ3v) is 4.61. The molecule has 0 saturated carbocycles. The maximum atomic E-state index is 14.8. The Hall–Kier alpha value is -2.41. The summed E-state index contributed by atoms with van der Waals surface area (Å²) in [4.78, 5) is 11.7. The molecule has 0 aliphatic carbocycles. The van der Waals surface area contributed by atoms with Crippen molar-refractivity contribution in [1.29, 1.82) is 0 Å². The van der Waals surface area contributed by atoms with E-state index in [9.17, 15) is 22.4 Å². The molecule has 152 valence electrons. The largest absolute Gasteiger partial charge is 0.466 e. The van der Waals surface area contributed by atoms with E-state index in [0.717, 1.165) is 17.2 Å². The highest BCUT2D eigenvalue weighted by atomic mass is 19.4. The molecule has 0 amide bonds. The summed E-state index contributed by atoms with van der Waals surface area (Å²) in [7, 11) is 0. The summed E-state index contributed by atoms with van der Waals surface area (Å²) in [6, 6.07) is 4.86. The summed E-state index contributed by atoms with van der Waals surface area (Å²) in [6.45, 7) is 6.85. The van der Waals surface area contributed by atoms with Gasteiger partial charge in [-0.3, -0.25) is 4.79 Å². The van der Waals surface area contributed by atoms with Crippen molar-refractivity contribution in [1.82, 2.24) is 0 Å². The molecule has 1 atom stereocenters. The van der Waals surface area contributed by atoms with E-state index in [1.165, 1.54) is 6.92 Å². The van der Waals surface area contributed by atoms with Crippen LogP contribution < -0.4 is 5.73 Å². The molecule has 2 aromatic carbocycles. The first kappa shape index (κ1) is 21.9. The van der Waals surface area contributed by atoms with Gasteiger partial charge in [0.2, 0.25) is 0 Å². The molecule has 0 bridgehead atoms. The van der Waals surface area contributed by atoms with Crippen LogP contribution in [0.25, 0.3) is 11.1 Å². The Morgan fingerprint density at radius 1 is 1.14 bits per heavy atom. The van der Waals surface area contributed by atoms with Gasteiger partial charge in [-0.05, 0) is 56.0 Å². The van der Waals surface area contributed by atoms with Gasteiger partial charge in [0.05, 0.1) is 18.6 Å². The molecular weight excluding hydrogens is 374 g/mol. The predicted molar refractivity (Wildman–Crippen MR) is 99.2 cm³/mol. The number of hydrogen-bond acceptors (Lipinski definition) is 3. The van der Waals surface area contributed by atoms with E-state index in [1.54, 1.807) is 26.0 Å². The van der Waals surface area contributed by atoms with Gasteiger partial charge in [-0.1, -0.05) is 23.8 Å². The molecule has 7 heteroatoms. The van der Waals surface area contributed by atoms with Gasteiger partial charge < -0.3 is 10.5 Å². The maximum absolute atomic E-state index is 14.8. The third kappa shape index (κ3) is 4.52. The number of nitrogens with two attached hydrogens (primary N) is 1. The molecule has 3 nitrogen and oxygen atoms in total. The lowest BCUT2D eigenvalue weighted by molar-refractivity contribution is -0.143. The van der Waals surface area contributed by atoms with Gasteiger partial charge in [0.15, 0.2) is 0 Å². The number of ether oxygens (including phenoxy) is 1. The number of benzene rings is 2. The van der Waals surface area contributed by atoms with Crippen LogP contribution in [0.15, 0.2) is 24.3 Å². The van der Waals surface area contributed by atoms with Gasteiger partial charge in [0, 0.05) is 11.6 Å². The van der Waals surface area contributed by atoms with Crippen LogP contribution >= 0.6 is 0 Å². The second-order valence-corrected chi connectivity index (χ2v) is 6.76. The Kier molecular flexibility index (Phi) is 6.49. The average molecular weight is 397 g/mol. The summed E-state index contributed by atoms with van der Waals surface area (Å²) in [5.74, 6) is -2.14. The van der Waals surface area contributed by atoms with E-state index in [1.807, 2.05) is 13.0 Å². The predicted octanol–water partition coefficient (Wildman–Crippen LogP) is 5.39. The Balaban J connectivity index is 2.72. The Labute approximate surface area is 161 Å². The van der Waals surface area contributed by atoms with Gasteiger partial charge in [-0.15, -0.1) is 0 Å². The van der Waals surface area contributed by atoms with Crippen LogP contribution in [0.4, 0.5) is 17.6 Å². The van der Waals surface area contributed by atoms with Gasteiger partial charge in [-0.25, -0.2) is 4.39 Å². The van der Waals surface area contributed by atoms with Crippen LogP contribution in [-0.2, 0) is 15.7 Å². The fourth-order valence-electron chi connectivity index (χ4n) is 3.31. The van der Waals surface area contributed by atoms with Crippen molar-refractivity contribution in [3.05, 3.63) is 57.9 Å². The summed E-state index contributed by atoms with van der Waals surface area (Å²) in [5, 5.41) is 0. The number of hydrogen-bond donors (Lipinski definition) is 1. The summed E-state index contributed by atoms with van der Waals surface area (Å²) in [6.07, 6.45) is -5.32. The molecule has 2 aromatic rings. The Bertz CT molecular complexity index is 891. The number of rotatable bonds is 5. The SMILES string of the molecule is CCOC(=O)CC(N)c1c(C)c(-c2ccc(C)cc2C)cc(C(F)(F)F)c1F. The topological polar surface area (TPSA) is 52.3 Å². The first-order chi connectivity index (χ1) is 13.0. The van der Waals surface area contributed by atoms with E-state index in [0.29, 0.717) is 5.56 Å². The fourth-order valence-corrected chi connectivity index (χ4v) is 3.31.